The molecule has 0 radical (unpaired) electrons. The fraction of sp³-hybridized carbons (Fsp3) is 0.0909. The van der Waals surface area contributed by atoms with Gasteiger partial charge in [0.1, 0.15) is 17.7 Å². The SMILES string of the molecule is OC(c1ccco1)c1cccc(F)c1Br. The lowest BCUT2D eigenvalue weighted by atomic mass is 10.1. The van der Waals surface area contributed by atoms with E-state index in [4.69, 9.17) is 4.42 Å². The summed E-state index contributed by atoms with van der Waals surface area (Å²) in [5.74, 6) is -0.0144. The van der Waals surface area contributed by atoms with Gasteiger partial charge in [-0.05, 0) is 34.1 Å². The molecule has 0 aliphatic heterocycles. The Bertz CT molecular complexity index is 454. The highest BCUT2D eigenvalue weighted by molar-refractivity contribution is 9.10. The smallest absolute Gasteiger partial charge is 0.138 e. The maximum absolute atomic E-state index is 13.2. The predicted molar refractivity (Wildman–Crippen MR) is 56.9 cm³/mol. The van der Waals surface area contributed by atoms with E-state index in [0.29, 0.717) is 11.3 Å². The van der Waals surface area contributed by atoms with Gasteiger partial charge in [-0.15, -0.1) is 0 Å². The van der Waals surface area contributed by atoms with Crippen LogP contribution in [0.5, 0.6) is 0 Å². The topological polar surface area (TPSA) is 33.4 Å². The Labute approximate surface area is 94.5 Å². The molecule has 15 heavy (non-hydrogen) atoms. The Morgan fingerprint density at radius 2 is 2.07 bits per heavy atom. The van der Waals surface area contributed by atoms with Crippen molar-refractivity contribution in [3.63, 3.8) is 0 Å². The van der Waals surface area contributed by atoms with Crippen molar-refractivity contribution in [2.45, 2.75) is 6.10 Å². The van der Waals surface area contributed by atoms with Crippen molar-refractivity contribution >= 4 is 15.9 Å². The highest BCUT2D eigenvalue weighted by Crippen LogP contribution is 2.30. The number of halogens is 2. The molecule has 0 saturated carbocycles. The second kappa shape index (κ2) is 4.16. The molecule has 1 N–H and O–H groups in total. The summed E-state index contributed by atoms with van der Waals surface area (Å²) in [5.41, 5.74) is 0.449. The van der Waals surface area contributed by atoms with Gasteiger partial charge >= 0.3 is 0 Å². The number of furan rings is 1. The third-order valence-corrected chi connectivity index (χ3v) is 2.93. The Kier molecular flexibility index (Phi) is 2.88. The molecule has 1 atom stereocenters. The molecule has 4 heteroatoms. The van der Waals surface area contributed by atoms with Gasteiger partial charge in [0.15, 0.2) is 0 Å². The molecule has 0 saturated heterocycles. The summed E-state index contributed by atoms with van der Waals surface area (Å²) >= 11 is 3.09. The van der Waals surface area contributed by atoms with Gasteiger partial charge in [0, 0.05) is 5.56 Å². The minimum absolute atomic E-state index is 0.258. The first-order chi connectivity index (χ1) is 7.20. The average molecular weight is 271 g/mol. The maximum Gasteiger partial charge on any atom is 0.138 e. The van der Waals surface area contributed by atoms with E-state index in [9.17, 15) is 9.50 Å². The summed E-state index contributed by atoms with van der Waals surface area (Å²) in [6.07, 6.45) is 0.510. The van der Waals surface area contributed by atoms with Gasteiger partial charge < -0.3 is 9.52 Å². The Morgan fingerprint density at radius 3 is 2.73 bits per heavy atom. The monoisotopic (exact) mass is 270 g/mol. The molecule has 1 heterocycles. The molecule has 0 fully saturated rings. The molecule has 1 aromatic carbocycles. The van der Waals surface area contributed by atoms with E-state index in [0.717, 1.165) is 0 Å². The number of hydrogen-bond donors (Lipinski definition) is 1. The van der Waals surface area contributed by atoms with E-state index in [-0.39, 0.29) is 4.47 Å². The fourth-order valence-corrected chi connectivity index (χ4v) is 1.81. The molecular formula is C11H8BrFO2. The zero-order valence-electron chi connectivity index (χ0n) is 7.65. The minimum Gasteiger partial charge on any atom is -0.466 e. The number of aliphatic hydroxyl groups excluding tert-OH is 1. The van der Waals surface area contributed by atoms with Gasteiger partial charge in [-0.25, -0.2) is 4.39 Å². The van der Waals surface area contributed by atoms with E-state index in [1.165, 1.54) is 12.3 Å². The minimum atomic E-state index is -0.954. The van der Waals surface area contributed by atoms with Gasteiger partial charge in [0.05, 0.1) is 10.7 Å². The van der Waals surface area contributed by atoms with E-state index in [1.807, 2.05) is 0 Å². The van der Waals surface area contributed by atoms with Crippen LogP contribution in [-0.4, -0.2) is 5.11 Å². The lowest BCUT2D eigenvalue weighted by molar-refractivity contribution is 0.188. The van der Waals surface area contributed by atoms with Crippen LogP contribution in [0.3, 0.4) is 0 Å². The van der Waals surface area contributed by atoms with Gasteiger partial charge in [-0.3, -0.25) is 0 Å². The van der Waals surface area contributed by atoms with Crippen LogP contribution >= 0.6 is 15.9 Å². The number of aliphatic hydroxyl groups is 1. The molecule has 0 spiro atoms. The molecule has 0 bridgehead atoms. The third-order valence-electron chi connectivity index (χ3n) is 2.09. The summed E-state index contributed by atoms with van der Waals surface area (Å²) < 4.78 is 18.5. The van der Waals surface area contributed by atoms with E-state index in [1.54, 1.807) is 24.3 Å². The standard InChI is InChI=1S/C11H8BrFO2/c12-10-7(3-1-4-8(10)13)11(14)9-5-2-6-15-9/h1-6,11,14H. The van der Waals surface area contributed by atoms with Crippen LogP contribution in [0.2, 0.25) is 0 Å². The van der Waals surface area contributed by atoms with Crippen molar-refractivity contribution < 1.29 is 13.9 Å². The predicted octanol–water partition coefficient (Wildman–Crippen LogP) is 3.26. The molecular weight excluding hydrogens is 263 g/mol. The van der Waals surface area contributed by atoms with Crippen LogP contribution in [0.1, 0.15) is 17.4 Å². The van der Waals surface area contributed by atoms with Crippen molar-refractivity contribution in [2.75, 3.05) is 0 Å². The molecule has 78 valence electrons. The molecule has 0 amide bonds. The quantitative estimate of drug-likeness (QED) is 0.909. The first kappa shape index (κ1) is 10.4. The van der Waals surface area contributed by atoms with Crippen LogP contribution in [0.25, 0.3) is 0 Å². The first-order valence-electron chi connectivity index (χ1n) is 4.35. The van der Waals surface area contributed by atoms with Crippen LogP contribution in [0.4, 0.5) is 4.39 Å². The van der Waals surface area contributed by atoms with Crippen LogP contribution in [0.15, 0.2) is 45.5 Å². The van der Waals surface area contributed by atoms with Gasteiger partial charge in [0.2, 0.25) is 0 Å². The second-order valence-electron chi connectivity index (χ2n) is 3.06. The number of hydrogen-bond acceptors (Lipinski definition) is 2. The van der Waals surface area contributed by atoms with E-state index >= 15 is 0 Å². The lowest BCUT2D eigenvalue weighted by Crippen LogP contribution is -2.00. The van der Waals surface area contributed by atoms with Crippen molar-refractivity contribution in [2.24, 2.45) is 0 Å². The lowest BCUT2D eigenvalue weighted by Gasteiger charge is -2.10. The van der Waals surface area contributed by atoms with Crippen LogP contribution in [0, 0.1) is 5.82 Å². The summed E-state index contributed by atoms with van der Waals surface area (Å²) in [6.45, 7) is 0. The molecule has 1 unspecified atom stereocenters. The van der Waals surface area contributed by atoms with E-state index < -0.39 is 11.9 Å². The van der Waals surface area contributed by atoms with Crippen LogP contribution < -0.4 is 0 Å². The molecule has 2 aromatic rings. The van der Waals surface area contributed by atoms with E-state index in [2.05, 4.69) is 15.9 Å². The number of benzene rings is 1. The Balaban J connectivity index is 2.42. The largest absolute Gasteiger partial charge is 0.466 e. The zero-order valence-corrected chi connectivity index (χ0v) is 9.24. The number of rotatable bonds is 2. The first-order valence-corrected chi connectivity index (χ1v) is 5.15. The van der Waals surface area contributed by atoms with Gasteiger partial charge in [0.25, 0.3) is 0 Å². The van der Waals surface area contributed by atoms with Crippen molar-refractivity contribution in [3.05, 3.63) is 58.2 Å². The summed E-state index contributed by atoms with van der Waals surface area (Å²) in [4.78, 5) is 0. The van der Waals surface area contributed by atoms with Crippen molar-refractivity contribution in [3.8, 4) is 0 Å². The zero-order chi connectivity index (χ0) is 10.8. The van der Waals surface area contributed by atoms with Gasteiger partial charge in [-0.2, -0.15) is 0 Å². The van der Waals surface area contributed by atoms with Gasteiger partial charge in [-0.1, -0.05) is 12.1 Å². The third kappa shape index (κ3) is 1.96. The summed E-state index contributed by atoms with van der Waals surface area (Å²) in [6, 6.07) is 7.82. The second-order valence-corrected chi connectivity index (χ2v) is 3.85. The summed E-state index contributed by atoms with van der Waals surface area (Å²) in [5, 5.41) is 9.90. The fourth-order valence-electron chi connectivity index (χ4n) is 1.33. The molecule has 0 aliphatic rings. The van der Waals surface area contributed by atoms with Crippen molar-refractivity contribution in [1.82, 2.24) is 0 Å². The maximum atomic E-state index is 13.2. The van der Waals surface area contributed by atoms with Crippen molar-refractivity contribution in [1.29, 1.82) is 0 Å². The average Bonchev–Trinajstić information content (AvgIpc) is 2.74. The molecule has 1 aromatic heterocycles. The molecule has 0 aliphatic carbocycles. The molecule has 2 nitrogen and oxygen atoms in total. The highest BCUT2D eigenvalue weighted by Gasteiger charge is 2.17. The Hall–Kier alpha value is -1.13. The molecule has 2 rings (SSSR count). The highest BCUT2D eigenvalue weighted by atomic mass is 79.9. The normalized spacial score (nSPS) is 12.7. The Morgan fingerprint density at radius 1 is 1.27 bits per heavy atom. The summed E-state index contributed by atoms with van der Waals surface area (Å²) in [7, 11) is 0. The van der Waals surface area contributed by atoms with Crippen LogP contribution in [-0.2, 0) is 0 Å².